The fraction of sp³-hybridized carbons (Fsp3) is 0.222. The van der Waals surface area contributed by atoms with Crippen molar-refractivity contribution in [3.05, 3.63) is 129 Å². The van der Waals surface area contributed by atoms with Crippen molar-refractivity contribution >= 4 is 35.1 Å². The maximum atomic E-state index is 14.1. The number of allylic oxidation sites excluding steroid dienone is 2. The molecule has 0 saturated heterocycles. The molecule has 0 fully saturated rings. The molecule has 0 spiro atoms. The molecule has 6 rings (SSSR count). The van der Waals surface area contributed by atoms with E-state index in [1.54, 1.807) is 36.4 Å². The zero-order valence-corrected chi connectivity index (χ0v) is 30.6. The van der Waals surface area contributed by atoms with E-state index in [4.69, 9.17) is 17.0 Å². The Morgan fingerprint density at radius 3 is 1.24 bits per heavy atom. The molecule has 239 valence electrons. The second kappa shape index (κ2) is 11.4. The van der Waals surface area contributed by atoms with Gasteiger partial charge in [0.25, 0.3) is 0 Å². The van der Waals surface area contributed by atoms with E-state index < -0.39 is 45.0 Å². The third kappa shape index (κ3) is 5.14. The van der Waals surface area contributed by atoms with Gasteiger partial charge in [-0.1, -0.05) is 0 Å². The van der Waals surface area contributed by atoms with Gasteiger partial charge in [0.05, 0.1) is 0 Å². The van der Waals surface area contributed by atoms with Crippen LogP contribution < -0.4 is 0 Å². The summed E-state index contributed by atoms with van der Waals surface area (Å²) >= 11 is -5.21. The van der Waals surface area contributed by atoms with Crippen molar-refractivity contribution in [3.63, 3.8) is 0 Å². The average Bonchev–Trinajstić information content (AvgIpc) is 3.52. The van der Waals surface area contributed by atoms with Crippen molar-refractivity contribution in [1.82, 2.24) is 0 Å². The van der Waals surface area contributed by atoms with Gasteiger partial charge in [0.2, 0.25) is 0 Å². The number of alkyl halides is 6. The average molecular weight is 768 g/mol. The van der Waals surface area contributed by atoms with Crippen LogP contribution in [0.15, 0.2) is 96.1 Å². The van der Waals surface area contributed by atoms with Crippen molar-refractivity contribution in [1.29, 1.82) is 0 Å². The second-order valence-electron chi connectivity index (χ2n) is 12.7. The van der Waals surface area contributed by atoms with E-state index >= 15 is 0 Å². The predicted molar refractivity (Wildman–Crippen MR) is 177 cm³/mol. The Bertz CT molecular complexity index is 1810. The zero-order chi connectivity index (χ0) is 33.4. The van der Waals surface area contributed by atoms with Gasteiger partial charge in [-0.05, 0) is 0 Å². The van der Waals surface area contributed by atoms with Crippen LogP contribution in [0.5, 0.6) is 0 Å². The Morgan fingerprint density at radius 1 is 0.543 bits per heavy atom. The van der Waals surface area contributed by atoms with E-state index in [0.717, 1.165) is 34.4 Å². The Balaban J connectivity index is 1.56. The van der Waals surface area contributed by atoms with Gasteiger partial charge in [-0.25, -0.2) is 0 Å². The molecule has 0 heterocycles. The molecule has 10 heteroatoms. The Hall–Kier alpha value is -2.38. The molecule has 2 unspecified atom stereocenters. The third-order valence-electron chi connectivity index (χ3n) is 9.81. The van der Waals surface area contributed by atoms with Crippen LogP contribution >= 0.6 is 17.0 Å². The molecule has 0 nitrogen and oxygen atoms in total. The monoisotopic (exact) mass is 765 g/mol. The molecule has 2 aliphatic rings. The van der Waals surface area contributed by atoms with Crippen LogP contribution in [0.4, 0.5) is 26.3 Å². The van der Waals surface area contributed by atoms with Gasteiger partial charge >= 0.3 is 275 Å². The van der Waals surface area contributed by atoms with Crippen molar-refractivity contribution in [2.75, 3.05) is 0 Å². The van der Waals surface area contributed by atoms with Gasteiger partial charge in [-0.2, -0.15) is 0 Å². The number of hydrogen-bond donors (Lipinski definition) is 0. The van der Waals surface area contributed by atoms with Crippen molar-refractivity contribution in [2.45, 2.75) is 46.5 Å². The molecule has 0 saturated carbocycles. The van der Waals surface area contributed by atoms with E-state index in [1.807, 2.05) is 38.1 Å². The molecule has 0 aromatic heterocycles. The van der Waals surface area contributed by atoms with Crippen LogP contribution in [-0.4, -0.2) is 5.92 Å². The van der Waals surface area contributed by atoms with Crippen molar-refractivity contribution in [2.24, 2.45) is 0 Å². The quantitative estimate of drug-likeness (QED) is 0.140. The van der Waals surface area contributed by atoms with Crippen molar-refractivity contribution < 1.29 is 41.9 Å². The molecule has 2 aliphatic carbocycles. The summed E-state index contributed by atoms with van der Waals surface area (Å²) in [5.74, 6) is -1.97. The van der Waals surface area contributed by atoms with Crippen molar-refractivity contribution in [3.8, 4) is 22.3 Å². The molecule has 4 aromatic rings. The number of hydrogen-bond acceptors (Lipinski definition) is 0. The van der Waals surface area contributed by atoms with Crippen LogP contribution in [0, 0.1) is 0 Å². The molecule has 0 radical (unpaired) electrons. The molecule has 0 aliphatic heterocycles. The van der Waals surface area contributed by atoms with Gasteiger partial charge in [0.1, 0.15) is 0 Å². The van der Waals surface area contributed by atoms with E-state index in [-0.39, 0.29) is 18.4 Å². The van der Waals surface area contributed by atoms with E-state index in [9.17, 15) is 26.3 Å². The molecule has 46 heavy (non-hydrogen) atoms. The molecular formula is C36H31Cl2F6SiZr. The number of halogens is 8. The van der Waals surface area contributed by atoms with Crippen LogP contribution in [0.3, 0.4) is 0 Å². The Morgan fingerprint density at radius 2 is 0.891 bits per heavy atom. The van der Waals surface area contributed by atoms with E-state index in [2.05, 4.69) is 13.1 Å². The Labute approximate surface area is 273 Å². The fourth-order valence-electron chi connectivity index (χ4n) is 7.80. The van der Waals surface area contributed by atoms with Gasteiger partial charge < -0.3 is 0 Å². The molecule has 0 bridgehead atoms. The summed E-state index contributed by atoms with van der Waals surface area (Å²) in [4.78, 5) is 0. The summed E-state index contributed by atoms with van der Waals surface area (Å²) < 4.78 is 84.0. The summed E-state index contributed by atoms with van der Waals surface area (Å²) in [6.45, 7) is 8.16. The molecule has 2 atom stereocenters. The summed E-state index contributed by atoms with van der Waals surface area (Å²) in [5, 5.41) is 0. The Kier molecular flexibility index (Phi) is 8.28. The van der Waals surface area contributed by atoms with Gasteiger partial charge in [0.15, 0.2) is 0 Å². The number of benzene rings is 4. The van der Waals surface area contributed by atoms with Crippen LogP contribution in [0.25, 0.3) is 34.4 Å². The first-order chi connectivity index (χ1) is 21.5. The minimum atomic E-state index is -5.21. The molecule has 0 N–H and O–H groups in total. The van der Waals surface area contributed by atoms with Gasteiger partial charge in [-0.3, -0.25) is 0 Å². The normalized spacial score (nSPS) is 18.9. The standard InChI is InChI=1S/2C17H12F3.C2H7Si.2ClH.Zr/c2*1-11-9-12-5-4-7-13(15(12)10-11)14-6-2-3-8-16(14)17(18,19)20;1-3-2;;;/h2*2-10H,1H3;3H,1-2H3;2*1H;/q;;;;;+2/p-2. The van der Waals surface area contributed by atoms with Crippen LogP contribution in [-0.2, 0) is 27.9 Å². The number of fused-ring (bicyclic) bond motifs is 2. The second-order valence-corrected chi connectivity index (χ2v) is 55.2. The number of rotatable bonds is 5. The first kappa shape index (κ1) is 33.5. The molecule has 0 amide bonds. The topological polar surface area (TPSA) is 0 Å². The van der Waals surface area contributed by atoms with Crippen LogP contribution in [0.1, 0.15) is 54.5 Å². The first-order valence-electron chi connectivity index (χ1n) is 15.0. The SMILES string of the molecule is CC1=Cc2c(-c3ccccc3C(F)(F)F)cccc2[CH]1[Zr]([Cl])([Cl])([CH]1C(C)=Cc2c(-c3ccccc3C(F)(F)F)cccc21)[SiH](C)C. The maximum absolute atomic E-state index is 14.1. The molecule has 4 aromatic carbocycles. The van der Waals surface area contributed by atoms with Crippen LogP contribution in [0.2, 0.25) is 13.1 Å². The summed E-state index contributed by atoms with van der Waals surface area (Å²) in [6.07, 6.45) is -5.21. The van der Waals surface area contributed by atoms with Gasteiger partial charge in [0, 0.05) is 0 Å². The first-order valence-corrected chi connectivity index (χ1v) is 31.3. The summed E-state index contributed by atoms with van der Waals surface area (Å²) in [7, 11) is 16.4. The zero-order valence-electron chi connectivity index (χ0n) is 25.5. The predicted octanol–water partition coefficient (Wildman–Crippen LogP) is 12.7. The van der Waals surface area contributed by atoms with E-state index in [0.29, 0.717) is 22.3 Å². The minimum absolute atomic E-state index is 0.0903. The van der Waals surface area contributed by atoms with Gasteiger partial charge in [-0.15, -0.1) is 0 Å². The fourth-order valence-corrected chi connectivity index (χ4v) is 40.7. The van der Waals surface area contributed by atoms with E-state index in [1.165, 1.54) is 24.3 Å². The molecular weight excluding hydrogens is 737 g/mol. The third-order valence-corrected chi connectivity index (χ3v) is 62.1. The summed E-state index contributed by atoms with van der Waals surface area (Å²) in [6, 6.07) is 21.9. The summed E-state index contributed by atoms with van der Waals surface area (Å²) in [5.41, 5.74) is 4.51.